The van der Waals surface area contributed by atoms with E-state index in [1.165, 1.54) is 10.4 Å². The largest absolute Gasteiger partial charge is 0.395 e. The number of nitrogens with one attached hydrogen (secondary N) is 1. The fraction of sp³-hybridized carbons (Fsp3) is 0.545. The second-order valence-electron chi connectivity index (χ2n) is 3.45. The summed E-state index contributed by atoms with van der Waals surface area (Å²) in [6.45, 7) is 2.46. The van der Waals surface area contributed by atoms with E-state index in [0.29, 0.717) is 13.0 Å². The highest BCUT2D eigenvalue weighted by Gasteiger charge is 2.03. The lowest BCUT2D eigenvalue weighted by atomic mass is 10.1. The molecule has 0 bridgehead atoms. The molecule has 84 valence electrons. The molecule has 0 saturated heterocycles. The van der Waals surface area contributed by atoms with E-state index in [0.717, 1.165) is 12.8 Å². The highest BCUT2D eigenvalue weighted by Crippen LogP contribution is 2.17. The lowest BCUT2D eigenvalue weighted by Crippen LogP contribution is -2.26. The quantitative estimate of drug-likeness (QED) is 0.773. The standard InChI is InChI=1S/C11H17NO2S/c1-9-5-8-15-10(9)3-2-4-11(14)12-6-7-13/h5,8,13H,2-4,6-7H2,1H3,(H,12,14). The normalized spacial score (nSPS) is 10.3. The van der Waals surface area contributed by atoms with E-state index in [-0.39, 0.29) is 12.5 Å². The van der Waals surface area contributed by atoms with Gasteiger partial charge in [0.1, 0.15) is 0 Å². The summed E-state index contributed by atoms with van der Waals surface area (Å²) in [4.78, 5) is 12.6. The molecule has 4 heteroatoms. The molecule has 0 spiro atoms. The van der Waals surface area contributed by atoms with Crippen molar-refractivity contribution in [3.63, 3.8) is 0 Å². The summed E-state index contributed by atoms with van der Waals surface area (Å²) in [7, 11) is 0. The lowest BCUT2D eigenvalue weighted by molar-refractivity contribution is -0.121. The molecule has 0 atom stereocenters. The molecule has 0 aliphatic rings. The van der Waals surface area contributed by atoms with Crippen molar-refractivity contribution < 1.29 is 9.90 Å². The maximum absolute atomic E-state index is 11.2. The predicted octanol–water partition coefficient (Wildman–Crippen LogP) is 1.49. The van der Waals surface area contributed by atoms with E-state index in [1.54, 1.807) is 11.3 Å². The molecule has 0 radical (unpaired) electrons. The van der Waals surface area contributed by atoms with Crippen LogP contribution in [-0.4, -0.2) is 24.2 Å². The van der Waals surface area contributed by atoms with Crippen LogP contribution in [0.4, 0.5) is 0 Å². The van der Waals surface area contributed by atoms with Gasteiger partial charge >= 0.3 is 0 Å². The van der Waals surface area contributed by atoms with Crippen LogP contribution >= 0.6 is 11.3 Å². The second-order valence-corrected chi connectivity index (χ2v) is 4.45. The Balaban J connectivity index is 2.16. The minimum atomic E-state index is 0.00970. The molecule has 1 aromatic rings. The van der Waals surface area contributed by atoms with Crippen LogP contribution in [0.15, 0.2) is 11.4 Å². The van der Waals surface area contributed by atoms with Crippen molar-refractivity contribution in [2.75, 3.05) is 13.2 Å². The SMILES string of the molecule is Cc1ccsc1CCCC(=O)NCCO. The zero-order valence-corrected chi connectivity index (χ0v) is 9.77. The van der Waals surface area contributed by atoms with Gasteiger partial charge in [-0.2, -0.15) is 0 Å². The molecule has 15 heavy (non-hydrogen) atoms. The minimum Gasteiger partial charge on any atom is -0.395 e. The smallest absolute Gasteiger partial charge is 0.220 e. The maximum atomic E-state index is 11.2. The van der Waals surface area contributed by atoms with Crippen molar-refractivity contribution in [1.82, 2.24) is 5.32 Å². The van der Waals surface area contributed by atoms with Crippen molar-refractivity contribution in [3.8, 4) is 0 Å². The average Bonchev–Trinajstić information content (AvgIpc) is 2.61. The third-order valence-corrected chi connectivity index (χ3v) is 3.29. The van der Waals surface area contributed by atoms with Crippen LogP contribution in [0.2, 0.25) is 0 Å². The highest BCUT2D eigenvalue weighted by atomic mass is 32.1. The number of amides is 1. The summed E-state index contributed by atoms with van der Waals surface area (Å²) >= 11 is 1.75. The number of rotatable bonds is 6. The average molecular weight is 227 g/mol. The van der Waals surface area contributed by atoms with Crippen molar-refractivity contribution in [2.45, 2.75) is 26.2 Å². The van der Waals surface area contributed by atoms with Crippen LogP contribution in [-0.2, 0) is 11.2 Å². The van der Waals surface area contributed by atoms with Crippen molar-refractivity contribution >= 4 is 17.2 Å². The van der Waals surface area contributed by atoms with E-state index in [4.69, 9.17) is 5.11 Å². The molecule has 3 nitrogen and oxygen atoms in total. The van der Waals surface area contributed by atoms with Gasteiger partial charge in [-0.1, -0.05) is 0 Å². The van der Waals surface area contributed by atoms with Gasteiger partial charge in [-0.05, 0) is 36.8 Å². The van der Waals surface area contributed by atoms with Crippen LogP contribution in [0, 0.1) is 6.92 Å². The second kappa shape index (κ2) is 6.58. The Hall–Kier alpha value is -0.870. The highest BCUT2D eigenvalue weighted by molar-refractivity contribution is 7.10. The molecule has 0 saturated carbocycles. The van der Waals surface area contributed by atoms with E-state index in [9.17, 15) is 4.79 Å². The van der Waals surface area contributed by atoms with Crippen molar-refractivity contribution in [2.24, 2.45) is 0 Å². The number of thiophene rings is 1. The van der Waals surface area contributed by atoms with Gasteiger partial charge in [-0.3, -0.25) is 4.79 Å². The number of hydrogen-bond donors (Lipinski definition) is 2. The molecule has 1 amide bonds. The first-order chi connectivity index (χ1) is 7.24. The number of aryl methyl sites for hydroxylation is 2. The third-order valence-electron chi connectivity index (χ3n) is 2.21. The van der Waals surface area contributed by atoms with E-state index < -0.39 is 0 Å². The number of carbonyl (C=O) groups excluding carboxylic acids is 1. The summed E-state index contributed by atoms with van der Waals surface area (Å²) in [5, 5.41) is 13.2. The summed E-state index contributed by atoms with van der Waals surface area (Å²) in [6, 6.07) is 2.10. The van der Waals surface area contributed by atoms with Gasteiger partial charge in [0.25, 0.3) is 0 Å². The Morgan fingerprint density at radius 1 is 1.60 bits per heavy atom. The summed E-state index contributed by atoms with van der Waals surface area (Å²) in [5.74, 6) is 0.0262. The van der Waals surface area contributed by atoms with Gasteiger partial charge in [-0.25, -0.2) is 0 Å². The van der Waals surface area contributed by atoms with E-state index in [2.05, 4.69) is 23.7 Å². The summed E-state index contributed by atoms with van der Waals surface area (Å²) in [6.07, 6.45) is 2.38. The van der Waals surface area contributed by atoms with E-state index >= 15 is 0 Å². The predicted molar refractivity (Wildman–Crippen MR) is 62.1 cm³/mol. The Morgan fingerprint density at radius 3 is 3.00 bits per heavy atom. The van der Waals surface area contributed by atoms with Gasteiger partial charge in [-0.15, -0.1) is 11.3 Å². The molecule has 2 N–H and O–H groups in total. The number of hydrogen-bond acceptors (Lipinski definition) is 3. The summed E-state index contributed by atoms with van der Waals surface area (Å²) < 4.78 is 0. The number of aliphatic hydroxyl groups excluding tert-OH is 1. The molecule has 0 fully saturated rings. The van der Waals surface area contributed by atoms with E-state index in [1.807, 2.05) is 0 Å². The monoisotopic (exact) mass is 227 g/mol. The van der Waals surface area contributed by atoms with Crippen LogP contribution in [0.1, 0.15) is 23.3 Å². The van der Waals surface area contributed by atoms with Gasteiger partial charge in [0, 0.05) is 17.8 Å². The van der Waals surface area contributed by atoms with Gasteiger partial charge < -0.3 is 10.4 Å². The first-order valence-corrected chi connectivity index (χ1v) is 6.02. The molecule has 0 aromatic carbocycles. The molecule has 0 aliphatic carbocycles. The number of carbonyl (C=O) groups is 1. The minimum absolute atomic E-state index is 0.00970. The molecular weight excluding hydrogens is 210 g/mol. The van der Waals surface area contributed by atoms with Crippen LogP contribution < -0.4 is 5.32 Å². The fourth-order valence-corrected chi connectivity index (χ4v) is 2.31. The number of aliphatic hydroxyl groups is 1. The molecule has 0 aliphatic heterocycles. The van der Waals surface area contributed by atoms with Crippen LogP contribution in [0.5, 0.6) is 0 Å². The molecule has 1 aromatic heterocycles. The zero-order valence-electron chi connectivity index (χ0n) is 8.95. The first kappa shape index (κ1) is 12.2. The van der Waals surface area contributed by atoms with Gasteiger partial charge in [0.05, 0.1) is 6.61 Å². The zero-order chi connectivity index (χ0) is 11.1. The van der Waals surface area contributed by atoms with Crippen molar-refractivity contribution in [3.05, 3.63) is 21.9 Å². The molecular formula is C11H17NO2S. The molecule has 1 heterocycles. The van der Waals surface area contributed by atoms with Crippen molar-refractivity contribution in [1.29, 1.82) is 0 Å². The Bertz CT molecular complexity index is 309. The Morgan fingerprint density at radius 2 is 2.40 bits per heavy atom. The molecule has 1 rings (SSSR count). The van der Waals surface area contributed by atoms with Crippen LogP contribution in [0.25, 0.3) is 0 Å². The Kier molecular flexibility index (Phi) is 5.36. The lowest BCUT2D eigenvalue weighted by Gasteiger charge is -2.02. The van der Waals surface area contributed by atoms with Gasteiger partial charge in [0.2, 0.25) is 5.91 Å². The maximum Gasteiger partial charge on any atom is 0.220 e. The van der Waals surface area contributed by atoms with Gasteiger partial charge in [0.15, 0.2) is 0 Å². The molecule has 0 unspecified atom stereocenters. The fourth-order valence-electron chi connectivity index (χ4n) is 1.35. The Labute approximate surface area is 94.1 Å². The summed E-state index contributed by atoms with van der Waals surface area (Å²) in [5.41, 5.74) is 1.32. The van der Waals surface area contributed by atoms with Crippen LogP contribution in [0.3, 0.4) is 0 Å². The topological polar surface area (TPSA) is 49.3 Å². The third kappa shape index (κ3) is 4.44. The first-order valence-electron chi connectivity index (χ1n) is 5.14.